The number of methoxy groups -OCH3 is 1. The molecule has 1 N–H and O–H groups in total. The molecule has 2 aromatic rings. The molecule has 0 saturated heterocycles. The summed E-state index contributed by atoms with van der Waals surface area (Å²) in [4.78, 5) is 15.4. The van der Waals surface area contributed by atoms with Crippen LogP contribution in [0.1, 0.15) is 5.56 Å². The third-order valence-electron chi connectivity index (χ3n) is 2.59. The molecule has 18 heavy (non-hydrogen) atoms. The van der Waals surface area contributed by atoms with E-state index in [9.17, 15) is 4.79 Å². The van der Waals surface area contributed by atoms with Gasteiger partial charge in [-0.3, -0.25) is 4.57 Å². The summed E-state index contributed by atoms with van der Waals surface area (Å²) in [6.45, 7) is 0.587. The van der Waals surface area contributed by atoms with Crippen LogP contribution in [0.15, 0.2) is 43.0 Å². The highest BCUT2D eigenvalue weighted by atomic mass is 16.5. The molecular formula is C13H15N3O2. The van der Waals surface area contributed by atoms with Gasteiger partial charge < -0.3 is 10.1 Å². The number of carbonyl (C=O) groups excluding carboxylic acids is 1. The van der Waals surface area contributed by atoms with Crippen molar-refractivity contribution in [2.75, 3.05) is 13.7 Å². The Morgan fingerprint density at radius 2 is 2.17 bits per heavy atom. The highest BCUT2D eigenvalue weighted by molar-refractivity contribution is 5.76. The predicted molar refractivity (Wildman–Crippen MR) is 67.7 cm³/mol. The van der Waals surface area contributed by atoms with Crippen LogP contribution >= 0.6 is 0 Å². The van der Waals surface area contributed by atoms with Crippen molar-refractivity contribution >= 4 is 6.03 Å². The number of amides is 1. The van der Waals surface area contributed by atoms with E-state index < -0.39 is 0 Å². The lowest BCUT2D eigenvalue weighted by molar-refractivity contribution is 0.242. The second-order valence-electron chi connectivity index (χ2n) is 3.80. The summed E-state index contributed by atoms with van der Waals surface area (Å²) < 4.78 is 6.49. The largest absolute Gasteiger partial charge is 0.497 e. The molecule has 2 rings (SSSR count). The van der Waals surface area contributed by atoms with Crippen LogP contribution in [0.5, 0.6) is 5.75 Å². The summed E-state index contributed by atoms with van der Waals surface area (Å²) in [5.41, 5.74) is 1.15. The fraction of sp³-hybridized carbons (Fsp3) is 0.231. The van der Waals surface area contributed by atoms with Crippen LogP contribution in [0, 0.1) is 0 Å². The van der Waals surface area contributed by atoms with E-state index in [0.717, 1.165) is 17.7 Å². The zero-order valence-electron chi connectivity index (χ0n) is 10.2. The Kier molecular flexibility index (Phi) is 3.96. The van der Waals surface area contributed by atoms with Gasteiger partial charge in [0.1, 0.15) is 12.1 Å². The molecule has 0 aliphatic heterocycles. The molecule has 0 saturated carbocycles. The zero-order valence-corrected chi connectivity index (χ0v) is 10.2. The molecule has 1 amide bonds. The summed E-state index contributed by atoms with van der Waals surface area (Å²) in [6, 6.07) is 7.63. The van der Waals surface area contributed by atoms with Gasteiger partial charge in [0.2, 0.25) is 0 Å². The van der Waals surface area contributed by atoms with E-state index in [1.54, 1.807) is 19.5 Å². The minimum Gasteiger partial charge on any atom is -0.497 e. The van der Waals surface area contributed by atoms with Crippen LogP contribution in [0.4, 0.5) is 4.79 Å². The number of imidazole rings is 1. The molecule has 5 nitrogen and oxygen atoms in total. The van der Waals surface area contributed by atoms with Crippen LogP contribution in [0.25, 0.3) is 0 Å². The number of carbonyl (C=O) groups is 1. The smallest absolute Gasteiger partial charge is 0.326 e. The lowest BCUT2D eigenvalue weighted by Gasteiger charge is -2.06. The SMILES string of the molecule is COc1ccc(CCNC(=O)n2ccnc2)cc1. The van der Waals surface area contributed by atoms with Crippen molar-refractivity contribution in [3.63, 3.8) is 0 Å². The normalized spacial score (nSPS) is 10.1. The number of nitrogens with one attached hydrogen (secondary N) is 1. The van der Waals surface area contributed by atoms with E-state index in [1.807, 2.05) is 24.3 Å². The number of nitrogens with zero attached hydrogens (tertiary/aromatic N) is 2. The number of ether oxygens (including phenoxy) is 1. The molecular weight excluding hydrogens is 230 g/mol. The number of aromatic nitrogens is 2. The first-order chi connectivity index (χ1) is 8.79. The van der Waals surface area contributed by atoms with Crippen molar-refractivity contribution in [1.82, 2.24) is 14.9 Å². The van der Waals surface area contributed by atoms with Crippen molar-refractivity contribution in [3.05, 3.63) is 48.5 Å². The predicted octanol–water partition coefficient (Wildman–Crippen LogP) is 1.69. The molecule has 0 unspecified atom stereocenters. The average Bonchev–Trinajstić information content (AvgIpc) is 2.93. The molecule has 5 heteroatoms. The van der Waals surface area contributed by atoms with Gasteiger partial charge in [-0.05, 0) is 24.1 Å². The summed E-state index contributed by atoms with van der Waals surface area (Å²) >= 11 is 0. The van der Waals surface area contributed by atoms with Crippen LogP contribution in [0.3, 0.4) is 0 Å². The van der Waals surface area contributed by atoms with Crippen molar-refractivity contribution in [2.45, 2.75) is 6.42 Å². The van der Waals surface area contributed by atoms with E-state index in [0.29, 0.717) is 6.54 Å². The Labute approximate surface area is 105 Å². The maximum absolute atomic E-state index is 11.6. The van der Waals surface area contributed by atoms with Crippen molar-refractivity contribution in [3.8, 4) is 5.75 Å². The second kappa shape index (κ2) is 5.86. The molecule has 1 aromatic carbocycles. The van der Waals surface area contributed by atoms with E-state index >= 15 is 0 Å². The van der Waals surface area contributed by atoms with Crippen LogP contribution in [-0.4, -0.2) is 29.2 Å². The van der Waals surface area contributed by atoms with E-state index in [1.165, 1.54) is 10.9 Å². The van der Waals surface area contributed by atoms with Crippen molar-refractivity contribution in [2.24, 2.45) is 0 Å². The minimum absolute atomic E-state index is 0.166. The maximum atomic E-state index is 11.6. The first-order valence-corrected chi connectivity index (χ1v) is 5.68. The van der Waals surface area contributed by atoms with Gasteiger partial charge in [-0.25, -0.2) is 9.78 Å². The van der Waals surface area contributed by atoms with Crippen LogP contribution < -0.4 is 10.1 Å². The van der Waals surface area contributed by atoms with Gasteiger partial charge in [0.25, 0.3) is 0 Å². The summed E-state index contributed by atoms with van der Waals surface area (Å²) in [6.07, 6.45) is 5.44. The highest BCUT2D eigenvalue weighted by Gasteiger charge is 2.02. The van der Waals surface area contributed by atoms with Gasteiger partial charge in [-0.2, -0.15) is 0 Å². The van der Waals surface area contributed by atoms with Crippen LogP contribution in [-0.2, 0) is 6.42 Å². The Balaban J connectivity index is 1.79. The fourth-order valence-corrected chi connectivity index (χ4v) is 1.58. The zero-order chi connectivity index (χ0) is 12.8. The lowest BCUT2D eigenvalue weighted by Crippen LogP contribution is -2.29. The molecule has 0 spiro atoms. The summed E-state index contributed by atoms with van der Waals surface area (Å²) in [5.74, 6) is 0.834. The van der Waals surface area contributed by atoms with Gasteiger partial charge in [-0.15, -0.1) is 0 Å². The van der Waals surface area contributed by atoms with E-state index in [2.05, 4.69) is 10.3 Å². The number of rotatable bonds is 4. The molecule has 0 atom stereocenters. The molecule has 94 valence electrons. The van der Waals surface area contributed by atoms with Gasteiger partial charge >= 0.3 is 6.03 Å². The average molecular weight is 245 g/mol. The molecule has 0 fully saturated rings. The number of hydrogen-bond donors (Lipinski definition) is 1. The van der Waals surface area contributed by atoms with Gasteiger partial charge in [0.15, 0.2) is 0 Å². The molecule has 0 aliphatic carbocycles. The molecule has 0 radical (unpaired) electrons. The highest BCUT2D eigenvalue weighted by Crippen LogP contribution is 2.11. The quantitative estimate of drug-likeness (QED) is 0.891. The molecule has 1 heterocycles. The van der Waals surface area contributed by atoms with Gasteiger partial charge in [0.05, 0.1) is 7.11 Å². The maximum Gasteiger partial charge on any atom is 0.326 e. The summed E-state index contributed by atoms with van der Waals surface area (Å²) in [5, 5.41) is 2.81. The van der Waals surface area contributed by atoms with Crippen LogP contribution in [0.2, 0.25) is 0 Å². The summed E-state index contributed by atoms with van der Waals surface area (Å²) in [7, 11) is 1.64. The standard InChI is InChI=1S/C13H15N3O2/c1-18-12-4-2-11(3-5-12)6-7-15-13(17)16-9-8-14-10-16/h2-5,8-10H,6-7H2,1H3,(H,15,17). The Morgan fingerprint density at radius 1 is 1.39 bits per heavy atom. The van der Waals surface area contributed by atoms with E-state index in [4.69, 9.17) is 4.74 Å². The van der Waals surface area contributed by atoms with Gasteiger partial charge in [0, 0.05) is 18.9 Å². The first-order valence-electron chi connectivity index (χ1n) is 5.68. The van der Waals surface area contributed by atoms with Crippen molar-refractivity contribution < 1.29 is 9.53 Å². The lowest BCUT2D eigenvalue weighted by atomic mass is 10.1. The molecule has 0 aliphatic rings. The monoisotopic (exact) mass is 245 g/mol. The van der Waals surface area contributed by atoms with Gasteiger partial charge in [-0.1, -0.05) is 12.1 Å². The van der Waals surface area contributed by atoms with Crippen molar-refractivity contribution in [1.29, 1.82) is 0 Å². The topological polar surface area (TPSA) is 56.1 Å². The third-order valence-corrected chi connectivity index (χ3v) is 2.59. The second-order valence-corrected chi connectivity index (χ2v) is 3.80. The Hall–Kier alpha value is -2.30. The third kappa shape index (κ3) is 3.10. The first kappa shape index (κ1) is 12.2. The minimum atomic E-state index is -0.166. The molecule has 1 aromatic heterocycles. The fourth-order valence-electron chi connectivity index (χ4n) is 1.58. The van der Waals surface area contributed by atoms with E-state index in [-0.39, 0.29) is 6.03 Å². The number of hydrogen-bond acceptors (Lipinski definition) is 3. The Morgan fingerprint density at radius 3 is 2.78 bits per heavy atom. The Bertz CT molecular complexity index is 491. The number of benzene rings is 1. The molecule has 0 bridgehead atoms.